The molecule has 0 aliphatic heterocycles. The molecule has 2 rings (SSSR count). The van der Waals surface area contributed by atoms with Crippen LogP contribution in [0.25, 0.3) is 0 Å². The lowest BCUT2D eigenvalue weighted by atomic mass is 10.0. The second-order valence-corrected chi connectivity index (χ2v) is 5.32. The van der Waals surface area contributed by atoms with Gasteiger partial charge in [-0.3, -0.25) is 9.59 Å². The first kappa shape index (κ1) is 17.2. The highest BCUT2D eigenvalue weighted by molar-refractivity contribution is 6.37. The molecule has 0 saturated carbocycles. The number of amides is 1. The Labute approximate surface area is 138 Å². The van der Waals surface area contributed by atoms with E-state index in [1.54, 1.807) is 42.5 Å². The van der Waals surface area contributed by atoms with Crippen LogP contribution in [-0.2, 0) is 27.2 Å². The zero-order valence-electron chi connectivity index (χ0n) is 12.8. The summed E-state index contributed by atoms with van der Waals surface area (Å²) in [6.45, 7) is 0. The Balaban J connectivity index is 1.99. The maximum atomic E-state index is 11.9. The van der Waals surface area contributed by atoms with Crippen molar-refractivity contribution in [1.29, 1.82) is 0 Å². The molecule has 0 bridgehead atoms. The molecule has 6 nitrogen and oxygen atoms in total. The van der Waals surface area contributed by atoms with Crippen molar-refractivity contribution in [3.63, 3.8) is 0 Å². The van der Waals surface area contributed by atoms with Gasteiger partial charge >= 0.3 is 5.97 Å². The molecule has 0 fully saturated rings. The van der Waals surface area contributed by atoms with Crippen LogP contribution in [0.4, 0.5) is 0 Å². The van der Waals surface area contributed by atoms with Crippen molar-refractivity contribution in [3.05, 3.63) is 65.7 Å². The van der Waals surface area contributed by atoms with Crippen LogP contribution >= 0.6 is 0 Å². The van der Waals surface area contributed by atoms with Crippen LogP contribution in [0.1, 0.15) is 11.1 Å². The number of rotatable bonds is 7. The number of phenolic OH excluding ortho intramolecular Hbond substituents is 1. The second kappa shape index (κ2) is 7.92. The van der Waals surface area contributed by atoms with Crippen LogP contribution in [0.5, 0.6) is 5.75 Å². The van der Waals surface area contributed by atoms with Crippen LogP contribution < -0.4 is 5.32 Å². The number of hydrogen-bond acceptors (Lipinski definition) is 4. The van der Waals surface area contributed by atoms with Gasteiger partial charge < -0.3 is 15.5 Å². The van der Waals surface area contributed by atoms with Crippen molar-refractivity contribution < 1.29 is 24.6 Å². The van der Waals surface area contributed by atoms with Gasteiger partial charge in [-0.1, -0.05) is 42.5 Å². The largest absolute Gasteiger partial charge is 0.508 e. The van der Waals surface area contributed by atoms with Gasteiger partial charge in [-0.25, -0.2) is 4.79 Å². The van der Waals surface area contributed by atoms with Gasteiger partial charge in [-0.15, -0.1) is 0 Å². The smallest absolute Gasteiger partial charge is 0.326 e. The molecule has 2 aromatic carbocycles. The van der Waals surface area contributed by atoms with Crippen molar-refractivity contribution in [1.82, 2.24) is 5.32 Å². The first-order valence-electron chi connectivity index (χ1n) is 7.34. The molecule has 1 atom stereocenters. The number of aromatic hydroxyl groups is 1. The van der Waals surface area contributed by atoms with Crippen molar-refractivity contribution in [2.75, 3.05) is 0 Å². The molecule has 2 aromatic rings. The Kier molecular flexibility index (Phi) is 5.68. The van der Waals surface area contributed by atoms with Crippen LogP contribution in [0.2, 0.25) is 0 Å². The first-order chi connectivity index (χ1) is 11.5. The van der Waals surface area contributed by atoms with Crippen LogP contribution in [0.3, 0.4) is 0 Å². The van der Waals surface area contributed by atoms with Crippen molar-refractivity contribution in [3.8, 4) is 5.75 Å². The number of hydrogen-bond donors (Lipinski definition) is 3. The number of carbonyl (C=O) groups excluding carboxylic acids is 2. The van der Waals surface area contributed by atoms with E-state index in [0.717, 1.165) is 0 Å². The summed E-state index contributed by atoms with van der Waals surface area (Å²) in [6.07, 6.45) is -0.0712. The average molecular weight is 327 g/mol. The van der Waals surface area contributed by atoms with E-state index in [2.05, 4.69) is 5.32 Å². The van der Waals surface area contributed by atoms with Gasteiger partial charge in [0.15, 0.2) is 0 Å². The molecule has 1 amide bonds. The fourth-order valence-corrected chi connectivity index (χ4v) is 2.17. The van der Waals surface area contributed by atoms with E-state index in [4.69, 9.17) is 0 Å². The lowest BCUT2D eigenvalue weighted by Gasteiger charge is -2.14. The molecule has 0 aromatic heterocycles. The maximum Gasteiger partial charge on any atom is 0.326 e. The molecule has 0 aliphatic carbocycles. The Morgan fingerprint density at radius 3 is 2.12 bits per heavy atom. The summed E-state index contributed by atoms with van der Waals surface area (Å²) in [5.41, 5.74) is 1.30. The lowest BCUT2D eigenvalue weighted by molar-refractivity contribution is -0.144. The standard InChI is InChI=1S/C18H17NO5/c20-14-8-6-13(7-9-14)10-15(18(23)24)19-17(22)16(21)11-12-4-2-1-3-5-12/h1-9,15,20H,10-11H2,(H,19,22)(H,23,24)/t15-/m0/s1. The third kappa shape index (κ3) is 4.95. The molecule has 124 valence electrons. The molecule has 0 heterocycles. The summed E-state index contributed by atoms with van der Waals surface area (Å²) in [5, 5.41) is 20.7. The molecule has 0 aliphatic rings. The third-order valence-electron chi connectivity index (χ3n) is 3.44. The molecule has 0 spiro atoms. The van der Waals surface area contributed by atoms with E-state index in [0.29, 0.717) is 11.1 Å². The number of phenols is 1. The predicted octanol–water partition coefficient (Wildman–Crippen LogP) is 1.32. The maximum absolute atomic E-state index is 11.9. The Hall–Kier alpha value is -3.15. The molecule has 0 saturated heterocycles. The Morgan fingerprint density at radius 2 is 1.54 bits per heavy atom. The highest BCUT2D eigenvalue weighted by atomic mass is 16.4. The number of benzene rings is 2. The van der Waals surface area contributed by atoms with Gasteiger partial charge in [-0.2, -0.15) is 0 Å². The minimum atomic E-state index is -1.23. The zero-order valence-corrected chi connectivity index (χ0v) is 12.8. The summed E-state index contributed by atoms with van der Waals surface area (Å²) in [5.74, 6) is -2.79. The van der Waals surface area contributed by atoms with Gasteiger partial charge in [0.2, 0.25) is 5.78 Å². The van der Waals surface area contributed by atoms with E-state index in [1.165, 1.54) is 12.1 Å². The zero-order chi connectivity index (χ0) is 17.5. The second-order valence-electron chi connectivity index (χ2n) is 5.32. The van der Waals surface area contributed by atoms with E-state index in [-0.39, 0.29) is 18.6 Å². The Bertz CT molecular complexity index is 725. The lowest BCUT2D eigenvalue weighted by Crippen LogP contribution is -2.45. The fourth-order valence-electron chi connectivity index (χ4n) is 2.17. The summed E-state index contributed by atoms with van der Waals surface area (Å²) >= 11 is 0. The number of carboxylic acid groups (broad SMARTS) is 1. The van der Waals surface area contributed by atoms with E-state index < -0.39 is 23.7 Å². The SMILES string of the molecule is O=C(Cc1ccccc1)C(=O)N[C@@H](Cc1ccc(O)cc1)C(=O)O. The number of nitrogens with one attached hydrogen (secondary N) is 1. The molecule has 0 unspecified atom stereocenters. The van der Waals surface area contributed by atoms with Crippen molar-refractivity contribution >= 4 is 17.7 Å². The number of ketones is 1. The molecular weight excluding hydrogens is 310 g/mol. The van der Waals surface area contributed by atoms with E-state index in [1.807, 2.05) is 0 Å². The minimum absolute atomic E-state index is 0.0139. The quantitative estimate of drug-likeness (QED) is 0.665. The molecule has 0 radical (unpaired) electrons. The number of Topliss-reactive ketones (excluding diaryl/α,β-unsaturated/α-hetero) is 1. The molecule has 24 heavy (non-hydrogen) atoms. The average Bonchev–Trinajstić information content (AvgIpc) is 2.56. The van der Waals surface area contributed by atoms with Crippen LogP contribution in [0, 0.1) is 0 Å². The summed E-state index contributed by atoms with van der Waals surface area (Å²) in [4.78, 5) is 35.2. The normalized spacial score (nSPS) is 11.5. The first-order valence-corrected chi connectivity index (χ1v) is 7.34. The van der Waals surface area contributed by atoms with Gasteiger partial charge in [-0.05, 0) is 23.3 Å². The number of carboxylic acids is 1. The van der Waals surface area contributed by atoms with Crippen LogP contribution in [-0.4, -0.2) is 33.9 Å². The van der Waals surface area contributed by atoms with E-state index in [9.17, 15) is 24.6 Å². The summed E-state index contributed by atoms with van der Waals surface area (Å²) < 4.78 is 0. The molecule has 3 N–H and O–H groups in total. The highest BCUT2D eigenvalue weighted by Gasteiger charge is 2.24. The van der Waals surface area contributed by atoms with Gasteiger partial charge in [0.25, 0.3) is 5.91 Å². The third-order valence-corrected chi connectivity index (χ3v) is 3.44. The summed E-state index contributed by atoms with van der Waals surface area (Å²) in [6, 6.07) is 13.5. The van der Waals surface area contributed by atoms with Gasteiger partial charge in [0.1, 0.15) is 11.8 Å². The van der Waals surface area contributed by atoms with E-state index >= 15 is 0 Å². The topological polar surface area (TPSA) is 104 Å². The van der Waals surface area contributed by atoms with Crippen molar-refractivity contribution in [2.24, 2.45) is 0 Å². The van der Waals surface area contributed by atoms with Crippen molar-refractivity contribution in [2.45, 2.75) is 18.9 Å². The number of carbonyl (C=O) groups is 3. The number of aliphatic carboxylic acids is 1. The van der Waals surface area contributed by atoms with Gasteiger partial charge in [0.05, 0.1) is 0 Å². The van der Waals surface area contributed by atoms with Crippen LogP contribution in [0.15, 0.2) is 54.6 Å². The monoisotopic (exact) mass is 327 g/mol. The highest BCUT2D eigenvalue weighted by Crippen LogP contribution is 2.11. The fraction of sp³-hybridized carbons (Fsp3) is 0.167. The van der Waals surface area contributed by atoms with Gasteiger partial charge in [0, 0.05) is 12.8 Å². The molecular formula is C18H17NO5. The predicted molar refractivity (Wildman–Crippen MR) is 86.5 cm³/mol. The molecule has 6 heteroatoms. The summed E-state index contributed by atoms with van der Waals surface area (Å²) in [7, 11) is 0. The minimum Gasteiger partial charge on any atom is -0.508 e. The Morgan fingerprint density at radius 1 is 0.917 bits per heavy atom.